The minimum atomic E-state index is -1.06. The summed E-state index contributed by atoms with van der Waals surface area (Å²) in [5, 5.41) is 23.1. The number of aromatic nitrogens is 7. The van der Waals surface area contributed by atoms with Crippen LogP contribution < -0.4 is 0 Å². The van der Waals surface area contributed by atoms with E-state index in [1.807, 2.05) is 6.92 Å². The van der Waals surface area contributed by atoms with Crippen LogP contribution in [0.1, 0.15) is 55.8 Å². The molecule has 0 aromatic carbocycles. The third-order valence-corrected chi connectivity index (χ3v) is 5.18. The van der Waals surface area contributed by atoms with E-state index in [0.717, 1.165) is 12.8 Å². The summed E-state index contributed by atoms with van der Waals surface area (Å²) in [5.74, 6) is 0.203. The largest absolute Gasteiger partial charge is 0.384 e. The Morgan fingerprint density at radius 3 is 2.66 bits per heavy atom. The van der Waals surface area contributed by atoms with E-state index in [1.165, 1.54) is 10.9 Å². The second-order valence-corrected chi connectivity index (χ2v) is 7.83. The smallest absolute Gasteiger partial charge is 0.276 e. The first kappa shape index (κ1) is 19.2. The zero-order valence-electron chi connectivity index (χ0n) is 16.7. The summed E-state index contributed by atoms with van der Waals surface area (Å²) in [6.07, 6.45) is 9.65. The Labute approximate surface area is 168 Å². The van der Waals surface area contributed by atoms with Crippen molar-refractivity contribution in [1.29, 1.82) is 0 Å². The van der Waals surface area contributed by atoms with Gasteiger partial charge in [-0.15, -0.1) is 0 Å². The van der Waals surface area contributed by atoms with E-state index in [0.29, 0.717) is 18.1 Å². The number of rotatable bonds is 4. The molecule has 3 aromatic heterocycles. The molecule has 0 aliphatic carbocycles. The van der Waals surface area contributed by atoms with Crippen LogP contribution in [0.25, 0.3) is 5.82 Å². The Morgan fingerprint density at radius 1 is 1.17 bits per heavy atom. The lowest BCUT2D eigenvalue weighted by atomic mass is 9.99. The zero-order valence-corrected chi connectivity index (χ0v) is 16.7. The molecule has 0 spiro atoms. The minimum Gasteiger partial charge on any atom is -0.384 e. The lowest BCUT2D eigenvalue weighted by Crippen LogP contribution is -2.47. The molecule has 1 aliphatic rings. The van der Waals surface area contributed by atoms with Gasteiger partial charge in [-0.05, 0) is 39.7 Å². The molecule has 0 saturated carbocycles. The highest BCUT2D eigenvalue weighted by molar-refractivity contribution is 5.95. The number of hydrogen-bond acceptors (Lipinski definition) is 7. The van der Waals surface area contributed by atoms with Gasteiger partial charge in [0.25, 0.3) is 5.91 Å². The molecule has 1 N–H and O–H groups in total. The zero-order chi connectivity index (χ0) is 20.6. The molecule has 2 atom stereocenters. The average molecular weight is 396 g/mol. The summed E-state index contributed by atoms with van der Waals surface area (Å²) >= 11 is 0. The summed E-state index contributed by atoms with van der Waals surface area (Å²) in [6, 6.07) is 1.75. The number of piperidine rings is 1. The first-order chi connectivity index (χ1) is 13.8. The predicted octanol–water partition coefficient (Wildman–Crippen LogP) is 1.35. The monoisotopic (exact) mass is 396 g/mol. The van der Waals surface area contributed by atoms with Crippen molar-refractivity contribution in [2.75, 3.05) is 6.54 Å². The van der Waals surface area contributed by atoms with Crippen molar-refractivity contribution in [3.05, 3.63) is 48.4 Å². The summed E-state index contributed by atoms with van der Waals surface area (Å²) in [7, 11) is 0. The van der Waals surface area contributed by atoms with Crippen molar-refractivity contribution in [2.45, 2.75) is 51.3 Å². The van der Waals surface area contributed by atoms with E-state index in [4.69, 9.17) is 0 Å². The average Bonchev–Trinajstić information content (AvgIpc) is 3.40. The van der Waals surface area contributed by atoms with Crippen LogP contribution in [0.15, 0.2) is 37.1 Å². The van der Waals surface area contributed by atoms with Gasteiger partial charge in [0, 0.05) is 37.4 Å². The number of nitrogens with zero attached hydrogens (tertiary/aromatic N) is 8. The molecule has 152 valence electrons. The minimum absolute atomic E-state index is 0.0514. The van der Waals surface area contributed by atoms with E-state index < -0.39 is 5.60 Å². The van der Waals surface area contributed by atoms with E-state index in [2.05, 4.69) is 25.3 Å². The lowest BCUT2D eigenvalue weighted by molar-refractivity contribution is 0.0527. The van der Waals surface area contributed by atoms with Crippen molar-refractivity contribution in [3.63, 3.8) is 0 Å². The quantitative estimate of drug-likeness (QED) is 0.708. The normalized spacial score (nSPS) is 20.1. The molecule has 0 radical (unpaired) electrons. The van der Waals surface area contributed by atoms with Gasteiger partial charge in [0.15, 0.2) is 11.5 Å². The van der Waals surface area contributed by atoms with Crippen molar-refractivity contribution in [1.82, 2.24) is 39.6 Å². The summed E-state index contributed by atoms with van der Waals surface area (Å²) < 4.78 is 1.54. The standard InChI is InChI=1S/C19H24N8O2/c1-13-5-6-14(27-23-11-15(24-27)19(2,3)29)12-25(13)18(28)16-17(21-9-8-20-16)26-10-4-7-22-26/h4,7-11,13-14,29H,5-6,12H2,1-3H3/t13-,14-/m1/s1. The van der Waals surface area contributed by atoms with Crippen LogP contribution in [0.5, 0.6) is 0 Å². The maximum atomic E-state index is 13.4. The van der Waals surface area contributed by atoms with Crippen LogP contribution in [0, 0.1) is 0 Å². The SMILES string of the molecule is C[C@@H]1CC[C@@H](n2ncc(C(C)(C)O)n2)CN1C(=O)c1nccnc1-n1cccn1. The molecule has 3 aromatic rings. The van der Waals surface area contributed by atoms with Gasteiger partial charge in [0.2, 0.25) is 0 Å². The van der Waals surface area contributed by atoms with Crippen LogP contribution in [0.4, 0.5) is 0 Å². The third-order valence-electron chi connectivity index (χ3n) is 5.18. The molecule has 1 fully saturated rings. The Balaban J connectivity index is 1.60. The molecule has 1 aliphatic heterocycles. The van der Waals surface area contributed by atoms with E-state index >= 15 is 0 Å². The number of carbonyl (C=O) groups excluding carboxylic acids is 1. The topological polar surface area (TPSA) is 115 Å². The highest BCUT2D eigenvalue weighted by Crippen LogP contribution is 2.27. The van der Waals surface area contributed by atoms with Gasteiger partial charge in [0.1, 0.15) is 11.3 Å². The van der Waals surface area contributed by atoms with Crippen LogP contribution in [-0.2, 0) is 5.60 Å². The van der Waals surface area contributed by atoms with Gasteiger partial charge >= 0.3 is 0 Å². The maximum absolute atomic E-state index is 13.4. The second kappa shape index (κ2) is 7.36. The Hall–Kier alpha value is -3.14. The van der Waals surface area contributed by atoms with E-state index in [1.54, 1.807) is 54.4 Å². The number of aliphatic hydroxyl groups is 1. The summed E-state index contributed by atoms with van der Waals surface area (Å²) in [4.78, 5) is 25.3. The van der Waals surface area contributed by atoms with Crippen LogP contribution in [0.2, 0.25) is 0 Å². The van der Waals surface area contributed by atoms with Crippen molar-refractivity contribution in [3.8, 4) is 5.82 Å². The molecule has 10 nitrogen and oxygen atoms in total. The Bertz CT molecular complexity index is 992. The van der Waals surface area contributed by atoms with Crippen molar-refractivity contribution < 1.29 is 9.90 Å². The fourth-order valence-electron chi connectivity index (χ4n) is 3.47. The summed E-state index contributed by atoms with van der Waals surface area (Å²) in [6.45, 7) is 5.82. The van der Waals surface area contributed by atoms with E-state index in [-0.39, 0.29) is 23.7 Å². The first-order valence-corrected chi connectivity index (χ1v) is 9.61. The molecule has 10 heteroatoms. The van der Waals surface area contributed by atoms with Crippen LogP contribution in [0.3, 0.4) is 0 Å². The number of likely N-dealkylation sites (tertiary alicyclic amines) is 1. The molecule has 1 amide bonds. The predicted molar refractivity (Wildman–Crippen MR) is 103 cm³/mol. The number of amides is 1. The second-order valence-electron chi connectivity index (χ2n) is 7.83. The molecule has 29 heavy (non-hydrogen) atoms. The van der Waals surface area contributed by atoms with Gasteiger partial charge in [-0.3, -0.25) is 4.79 Å². The van der Waals surface area contributed by atoms with Gasteiger partial charge in [-0.1, -0.05) is 0 Å². The molecule has 4 heterocycles. The van der Waals surface area contributed by atoms with Gasteiger partial charge in [-0.2, -0.15) is 20.1 Å². The van der Waals surface area contributed by atoms with Crippen molar-refractivity contribution >= 4 is 5.91 Å². The highest BCUT2D eigenvalue weighted by Gasteiger charge is 2.34. The van der Waals surface area contributed by atoms with Crippen LogP contribution in [-0.4, -0.2) is 63.2 Å². The maximum Gasteiger partial charge on any atom is 0.276 e. The molecular weight excluding hydrogens is 372 g/mol. The van der Waals surface area contributed by atoms with E-state index in [9.17, 15) is 9.90 Å². The number of carbonyl (C=O) groups is 1. The Kier molecular flexibility index (Phi) is 4.87. The molecule has 1 saturated heterocycles. The van der Waals surface area contributed by atoms with Gasteiger partial charge < -0.3 is 10.0 Å². The van der Waals surface area contributed by atoms with Crippen molar-refractivity contribution in [2.24, 2.45) is 0 Å². The highest BCUT2D eigenvalue weighted by atomic mass is 16.3. The Morgan fingerprint density at radius 2 is 1.97 bits per heavy atom. The number of hydrogen-bond donors (Lipinski definition) is 1. The summed E-state index contributed by atoms with van der Waals surface area (Å²) in [5.41, 5.74) is -0.299. The fraction of sp³-hybridized carbons (Fsp3) is 0.474. The molecular formula is C19H24N8O2. The third kappa shape index (κ3) is 3.75. The van der Waals surface area contributed by atoms with Gasteiger partial charge in [-0.25, -0.2) is 14.6 Å². The molecule has 4 rings (SSSR count). The molecule has 0 bridgehead atoms. The van der Waals surface area contributed by atoms with Gasteiger partial charge in [0.05, 0.1) is 12.2 Å². The fourth-order valence-corrected chi connectivity index (χ4v) is 3.47. The van der Waals surface area contributed by atoms with Crippen LogP contribution >= 0.6 is 0 Å². The lowest BCUT2D eigenvalue weighted by Gasteiger charge is -2.37. The molecule has 0 unspecified atom stereocenters. The first-order valence-electron chi connectivity index (χ1n) is 9.61.